The van der Waals surface area contributed by atoms with Crippen LogP contribution < -0.4 is 15.5 Å². The fourth-order valence-electron chi connectivity index (χ4n) is 2.79. The van der Waals surface area contributed by atoms with Gasteiger partial charge >= 0.3 is 5.00 Å². The first-order valence-corrected chi connectivity index (χ1v) is 9.42. The second kappa shape index (κ2) is 10.5. The van der Waals surface area contributed by atoms with E-state index in [-0.39, 0.29) is 22.7 Å². The number of rotatable bonds is 10. The number of aliphatic hydroxyl groups is 1. The van der Waals surface area contributed by atoms with E-state index in [4.69, 9.17) is 9.94 Å². The number of hydrogen-bond donors (Lipinski definition) is 4. The zero-order valence-electron chi connectivity index (χ0n) is 15.5. The van der Waals surface area contributed by atoms with Gasteiger partial charge in [-0.2, -0.15) is 0 Å². The third-order valence-corrected chi connectivity index (χ3v) is 5.25. The molecule has 0 spiro atoms. The highest BCUT2D eigenvalue weighted by Gasteiger charge is 2.25. The molecule has 2 rings (SSSR count). The van der Waals surface area contributed by atoms with Gasteiger partial charge in [0.2, 0.25) is 5.91 Å². The molecule has 0 radical (unpaired) electrons. The van der Waals surface area contributed by atoms with Gasteiger partial charge < -0.3 is 15.2 Å². The molecule has 1 heterocycles. The molecule has 156 valence electrons. The van der Waals surface area contributed by atoms with Crippen LogP contribution in [0.4, 0.5) is 5.00 Å². The number of nitrogens with one attached hydrogen (secondary N) is 2. The number of amides is 2. The molecule has 1 aromatic carbocycles. The van der Waals surface area contributed by atoms with Crippen LogP contribution in [0.15, 0.2) is 36.4 Å². The standard InChI is InChI=1S/C18H21N3O7S/c1-28-14-4-2-3-11(8-14)7-12(17(23)20-25)9-13(10-22)19-18(24)15-5-6-16(29-15)21(26)27/h2-6,8,12-13,22,25H,7,9-10H2,1H3,(H,19,24)(H,20,23)/t12-,13-/m0/s1. The summed E-state index contributed by atoms with van der Waals surface area (Å²) in [5.41, 5.74) is 2.38. The van der Waals surface area contributed by atoms with E-state index in [1.54, 1.807) is 29.7 Å². The predicted molar refractivity (Wildman–Crippen MR) is 104 cm³/mol. The molecule has 29 heavy (non-hydrogen) atoms. The van der Waals surface area contributed by atoms with E-state index in [1.165, 1.54) is 19.2 Å². The van der Waals surface area contributed by atoms with Crippen LogP contribution in [0.1, 0.15) is 21.7 Å². The Balaban J connectivity index is 2.09. The van der Waals surface area contributed by atoms with Crippen LogP contribution in [0.5, 0.6) is 5.75 Å². The summed E-state index contributed by atoms with van der Waals surface area (Å²) in [6.07, 6.45) is 0.278. The molecule has 2 amide bonds. The van der Waals surface area contributed by atoms with E-state index in [0.717, 1.165) is 5.56 Å². The number of benzene rings is 1. The van der Waals surface area contributed by atoms with Crippen LogP contribution >= 0.6 is 11.3 Å². The average molecular weight is 423 g/mol. The van der Waals surface area contributed by atoms with Gasteiger partial charge in [0.15, 0.2) is 0 Å². The summed E-state index contributed by atoms with van der Waals surface area (Å²) in [6.45, 7) is -0.452. The largest absolute Gasteiger partial charge is 0.497 e. The molecule has 0 saturated carbocycles. The summed E-state index contributed by atoms with van der Waals surface area (Å²) in [5.74, 6) is -1.39. The van der Waals surface area contributed by atoms with Crippen molar-refractivity contribution in [2.45, 2.75) is 18.9 Å². The van der Waals surface area contributed by atoms with Crippen molar-refractivity contribution in [3.8, 4) is 5.75 Å². The van der Waals surface area contributed by atoms with E-state index in [9.17, 15) is 24.8 Å². The number of aliphatic hydroxyl groups excluding tert-OH is 1. The van der Waals surface area contributed by atoms with Gasteiger partial charge in [0.25, 0.3) is 5.91 Å². The summed E-state index contributed by atoms with van der Waals surface area (Å²) in [4.78, 5) is 34.7. The monoisotopic (exact) mass is 423 g/mol. The summed E-state index contributed by atoms with van der Waals surface area (Å²) in [5, 5.41) is 31.8. The van der Waals surface area contributed by atoms with E-state index >= 15 is 0 Å². The third kappa shape index (κ3) is 6.24. The molecule has 4 N–H and O–H groups in total. The zero-order chi connectivity index (χ0) is 21.4. The zero-order valence-corrected chi connectivity index (χ0v) is 16.3. The minimum absolute atomic E-state index is 0.0410. The Labute approximate surface area is 170 Å². The molecular formula is C18H21N3O7S. The lowest BCUT2D eigenvalue weighted by Crippen LogP contribution is -2.41. The van der Waals surface area contributed by atoms with Crippen LogP contribution in [0.25, 0.3) is 0 Å². The summed E-state index contributed by atoms with van der Waals surface area (Å²) < 4.78 is 5.15. The molecule has 0 saturated heterocycles. The number of ether oxygens (including phenoxy) is 1. The molecule has 0 bridgehead atoms. The highest BCUT2D eigenvalue weighted by molar-refractivity contribution is 7.17. The third-order valence-electron chi connectivity index (χ3n) is 4.22. The molecule has 1 aromatic heterocycles. The van der Waals surface area contributed by atoms with Crippen LogP contribution in [0, 0.1) is 16.0 Å². The van der Waals surface area contributed by atoms with Gasteiger partial charge in [0.05, 0.1) is 29.6 Å². The average Bonchev–Trinajstić information content (AvgIpc) is 3.23. The van der Waals surface area contributed by atoms with Crippen molar-refractivity contribution in [1.29, 1.82) is 0 Å². The van der Waals surface area contributed by atoms with Crippen LogP contribution in [0.3, 0.4) is 0 Å². The maximum absolute atomic E-state index is 12.3. The van der Waals surface area contributed by atoms with Crippen molar-refractivity contribution in [3.63, 3.8) is 0 Å². The number of nitro groups is 1. The second-order valence-electron chi connectivity index (χ2n) is 6.21. The number of nitrogens with zero attached hydrogens (tertiary/aromatic N) is 1. The number of carbonyl (C=O) groups excluding carboxylic acids is 2. The normalized spacial score (nSPS) is 12.7. The Morgan fingerprint density at radius 1 is 1.31 bits per heavy atom. The summed E-state index contributed by atoms with van der Waals surface area (Å²) in [7, 11) is 1.52. The van der Waals surface area contributed by atoms with Crippen molar-refractivity contribution < 1.29 is 29.6 Å². The maximum Gasteiger partial charge on any atom is 0.324 e. The highest BCUT2D eigenvalue weighted by Crippen LogP contribution is 2.24. The molecular weight excluding hydrogens is 402 g/mol. The molecule has 0 aliphatic rings. The van der Waals surface area contributed by atoms with Gasteiger partial charge in [-0.3, -0.25) is 24.9 Å². The van der Waals surface area contributed by atoms with E-state index in [2.05, 4.69) is 5.32 Å². The Morgan fingerprint density at radius 3 is 2.66 bits per heavy atom. The Morgan fingerprint density at radius 2 is 2.07 bits per heavy atom. The minimum atomic E-state index is -0.795. The molecule has 11 heteroatoms. The lowest BCUT2D eigenvalue weighted by molar-refractivity contribution is -0.380. The summed E-state index contributed by atoms with van der Waals surface area (Å²) in [6, 6.07) is 8.79. The fourth-order valence-corrected chi connectivity index (χ4v) is 3.51. The van der Waals surface area contributed by atoms with E-state index in [1.807, 2.05) is 0 Å². The van der Waals surface area contributed by atoms with Gasteiger partial charge in [-0.25, -0.2) is 5.48 Å². The van der Waals surface area contributed by atoms with Crippen LogP contribution in [-0.4, -0.2) is 46.8 Å². The number of carbonyl (C=O) groups is 2. The Hall–Kier alpha value is -3.02. The fraction of sp³-hybridized carbons (Fsp3) is 0.333. The quantitative estimate of drug-likeness (QED) is 0.257. The topological polar surface area (TPSA) is 151 Å². The molecule has 2 atom stereocenters. The Kier molecular flexibility index (Phi) is 8.07. The van der Waals surface area contributed by atoms with Gasteiger partial charge in [0, 0.05) is 12.0 Å². The number of thiophene rings is 1. The highest BCUT2D eigenvalue weighted by atomic mass is 32.1. The molecule has 10 nitrogen and oxygen atoms in total. The number of hydrogen-bond acceptors (Lipinski definition) is 8. The van der Waals surface area contributed by atoms with Crippen molar-refractivity contribution >= 4 is 28.2 Å². The van der Waals surface area contributed by atoms with Gasteiger partial charge in [-0.05, 0) is 36.6 Å². The molecule has 0 unspecified atom stereocenters. The predicted octanol–water partition coefficient (Wildman–Crippen LogP) is 1.51. The van der Waals surface area contributed by atoms with Gasteiger partial charge in [0.1, 0.15) is 5.75 Å². The van der Waals surface area contributed by atoms with Gasteiger partial charge in [-0.1, -0.05) is 23.5 Å². The molecule has 0 aliphatic carbocycles. The SMILES string of the molecule is COc1cccc(C[C@@H](C[C@@H](CO)NC(=O)c2ccc([N+](=O)[O-])s2)C(=O)NO)c1. The van der Waals surface area contributed by atoms with Crippen molar-refractivity contribution in [1.82, 2.24) is 10.8 Å². The molecule has 2 aromatic rings. The van der Waals surface area contributed by atoms with Gasteiger partial charge in [-0.15, -0.1) is 0 Å². The smallest absolute Gasteiger partial charge is 0.324 e. The van der Waals surface area contributed by atoms with Crippen LogP contribution in [0.2, 0.25) is 0 Å². The minimum Gasteiger partial charge on any atom is -0.497 e. The molecule has 0 fully saturated rings. The first kappa shape index (κ1) is 22.3. The second-order valence-corrected chi connectivity index (χ2v) is 7.27. The first-order valence-electron chi connectivity index (χ1n) is 8.60. The lowest BCUT2D eigenvalue weighted by atomic mass is 9.92. The summed E-state index contributed by atoms with van der Waals surface area (Å²) >= 11 is 0.712. The first-order chi connectivity index (χ1) is 13.9. The number of hydroxylamine groups is 1. The molecule has 0 aliphatic heterocycles. The van der Waals surface area contributed by atoms with E-state index in [0.29, 0.717) is 17.1 Å². The number of methoxy groups -OCH3 is 1. The van der Waals surface area contributed by atoms with Crippen molar-refractivity contribution in [2.24, 2.45) is 5.92 Å². The lowest BCUT2D eigenvalue weighted by Gasteiger charge is -2.22. The van der Waals surface area contributed by atoms with Crippen LogP contribution in [-0.2, 0) is 11.2 Å². The van der Waals surface area contributed by atoms with E-state index < -0.39 is 35.3 Å². The maximum atomic E-state index is 12.3. The van der Waals surface area contributed by atoms with Crippen molar-refractivity contribution in [2.75, 3.05) is 13.7 Å². The Bertz CT molecular complexity index is 871. The van der Waals surface area contributed by atoms with Crippen molar-refractivity contribution in [3.05, 3.63) is 57.0 Å².